The lowest BCUT2D eigenvalue weighted by atomic mass is 10.1. The van der Waals surface area contributed by atoms with Crippen LogP contribution in [0.5, 0.6) is 0 Å². The van der Waals surface area contributed by atoms with Gasteiger partial charge in [0.2, 0.25) is 11.5 Å². The van der Waals surface area contributed by atoms with Gasteiger partial charge in [0.25, 0.3) is 5.56 Å². The van der Waals surface area contributed by atoms with Crippen molar-refractivity contribution in [3.63, 3.8) is 0 Å². The number of amides is 1. The van der Waals surface area contributed by atoms with E-state index in [2.05, 4.69) is 10.3 Å². The van der Waals surface area contributed by atoms with E-state index in [4.69, 9.17) is 4.42 Å². The highest BCUT2D eigenvalue weighted by Crippen LogP contribution is 2.27. The van der Waals surface area contributed by atoms with Gasteiger partial charge in [-0.25, -0.2) is 4.98 Å². The molecule has 0 aliphatic rings. The van der Waals surface area contributed by atoms with E-state index in [1.54, 1.807) is 4.57 Å². The second-order valence-electron chi connectivity index (χ2n) is 6.80. The van der Waals surface area contributed by atoms with Crippen LogP contribution in [0.1, 0.15) is 18.1 Å². The summed E-state index contributed by atoms with van der Waals surface area (Å²) in [5, 5.41) is 4.24. The molecule has 0 saturated heterocycles. The SMILES string of the molecule is CCn1c(SCC(=O)Nc2cccc(C)c2C)nc2c(oc3ccccc32)c1=O. The van der Waals surface area contributed by atoms with Crippen LogP contribution in [0.4, 0.5) is 5.69 Å². The summed E-state index contributed by atoms with van der Waals surface area (Å²) in [5.74, 6) is 0.0129. The second kappa shape index (κ2) is 7.75. The molecule has 2 heterocycles. The van der Waals surface area contributed by atoms with Gasteiger partial charge in [-0.15, -0.1) is 0 Å². The number of rotatable bonds is 5. The Balaban J connectivity index is 1.63. The molecule has 0 aliphatic heterocycles. The molecule has 29 heavy (non-hydrogen) atoms. The first-order valence-corrected chi connectivity index (χ1v) is 10.4. The van der Waals surface area contributed by atoms with Gasteiger partial charge in [-0.1, -0.05) is 36.0 Å². The van der Waals surface area contributed by atoms with Gasteiger partial charge in [0, 0.05) is 17.6 Å². The molecular formula is C22H21N3O3S. The fourth-order valence-corrected chi connectivity index (χ4v) is 4.10. The van der Waals surface area contributed by atoms with Crippen molar-refractivity contribution in [3.8, 4) is 0 Å². The van der Waals surface area contributed by atoms with Crippen molar-refractivity contribution in [2.24, 2.45) is 0 Å². The number of benzene rings is 2. The zero-order valence-corrected chi connectivity index (χ0v) is 17.3. The van der Waals surface area contributed by atoms with E-state index in [1.165, 1.54) is 11.8 Å². The number of carbonyl (C=O) groups is 1. The number of nitrogens with one attached hydrogen (secondary N) is 1. The van der Waals surface area contributed by atoms with Crippen molar-refractivity contribution in [2.75, 3.05) is 11.1 Å². The number of anilines is 1. The number of carbonyl (C=O) groups excluding carboxylic acids is 1. The normalized spacial score (nSPS) is 11.3. The third-order valence-corrected chi connectivity index (χ3v) is 5.95. The molecule has 0 atom stereocenters. The van der Waals surface area contributed by atoms with Crippen LogP contribution in [-0.4, -0.2) is 21.2 Å². The third-order valence-electron chi connectivity index (χ3n) is 4.97. The largest absolute Gasteiger partial charge is 0.448 e. The van der Waals surface area contributed by atoms with Crippen LogP contribution in [0.3, 0.4) is 0 Å². The zero-order valence-electron chi connectivity index (χ0n) is 16.5. The van der Waals surface area contributed by atoms with E-state index >= 15 is 0 Å². The minimum absolute atomic E-state index is 0.141. The Kier molecular flexibility index (Phi) is 5.15. The summed E-state index contributed by atoms with van der Waals surface area (Å²) < 4.78 is 7.27. The van der Waals surface area contributed by atoms with Crippen LogP contribution < -0.4 is 10.9 Å². The number of aromatic nitrogens is 2. The van der Waals surface area contributed by atoms with Gasteiger partial charge >= 0.3 is 0 Å². The predicted octanol–water partition coefficient (Wildman–Crippen LogP) is 4.51. The summed E-state index contributed by atoms with van der Waals surface area (Å²) in [5.41, 5.74) is 4.14. The van der Waals surface area contributed by atoms with Crippen molar-refractivity contribution in [2.45, 2.75) is 32.5 Å². The molecule has 0 spiro atoms. The Labute approximate surface area is 171 Å². The first kappa shape index (κ1) is 19.3. The molecule has 0 unspecified atom stereocenters. The molecule has 1 amide bonds. The number of aryl methyl sites for hydroxylation is 1. The monoisotopic (exact) mass is 407 g/mol. The van der Waals surface area contributed by atoms with Gasteiger partial charge in [-0.2, -0.15) is 0 Å². The minimum atomic E-state index is -0.230. The molecule has 6 nitrogen and oxygen atoms in total. The van der Waals surface area contributed by atoms with E-state index in [0.717, 1.165) is 22.2 Å². The first-order valence-electron chi connectivity index (χ1n) is 9.40. The molecule has 0 radical (unpaired) electrons. The van der Waals surface area contributed by atoms with E-state index in [0.29, 0.717) is 22.8 Å². The van der Waals surface area contributed by atoms with Crippen molar-refractivity contribution in [1.82, 2.24) is 9.55 Å². The second-order valence-corrected chi connectivity index (χ2v) is 7.75. The van der Waals surface area contributed by atoms with Gasteiger partial charge < -0.3 is 9.73 Å². The lowest BCUT2D eigenvalue weighted by Crippen LogP contribution is -2.23. The fraction of sp³-hybridized carbons (Fsp3) is 0.227. The van der Waals surface area contributed by atoms with Crippen LogP contribution in [0.15, 0.2) is 56.8 Å². The average Bonchev–Trinajstić information content (AvgIpc) is 3.09. The molecule has 2 aromatic heterocycles. The average molecular weight is 407 g/mol. The molecule has 1 N–H and O–H groups in total. The van der Waals surface area contributed by atoms with Crippen LogP contribution in [-0.2, 0) is 11.3 Å². The highest BCUT2D eigenvalue weighted by atomic mass is 32.2. The third kappa shape index (κ3) is 3.53. The zero-order chi connectivity index (χ0) is 20.5. The highest BCUT2D eigenvalue weighted by Gasteiger charge is 2.18. The number of para-hydroxylation sites is 1. The molecular weight excluding hydrogens is 386 g/mol. The van der Waals surface area contributed by atoms with E-state index in [-0.39, 0.29) is 22.8 Å². The maximum atomic E-state index is 12.9. The molecule has 4 aromatic rings. The summed E-state index contributed by atoms with van der Waals surface area (Å²) in [6, 6.07) is 13.2. The topological polar surface area (TPSA) is 77.1 Å². The lowest BCUT2D eigenvalue weighted by molar-refractivity contribution is -0.113. The summed E-state index contributed by atoms with van der Waals surface area (Å²) in [4.78, 5) is 30.0. The van der Waals surface area contributed by atoms with Crippen molar-refractivity contribution < 1.29 is 9.21 Å². The van der Waals surface area contributed by atoms with Gasteiger partial charge in [-0.05, 0) is 50.1 Å². The molecule has 7 heteroatoms. The molecule has 0 aliphatic carbocycles. The Hall–Kier alpha value is -3.06. The summed E-state index contributed by atoms with van der Waals surface area (Å²) in [7, 11) is 0. The Morgan fingerprint density at radius 1 is 1.17 bits per heavy atom. The van der Waals surface area contributed by atoms with Crippen molar-refractivity contribution >= 4 is 45.4 Å². The standard InChI is InChI=1S/C22H21N3O3S/c1-4-25-21(27)20-19(15-9-5-6-11-17(15)28-20)24-22(25)29-12-18(26)23-16-10-7-8-13(2)14(16)3/h5-11H,4,12H2,1-3H3,(H,23,26). The molecule has 0 fully saturated rings. The smallest absolute Gasteiger partial charge is 0.297 e. The first-order chi connectivity index (χ1) is 14.0. The highest BCUT2D eigenvalue weighted by molar-refractivity contribution is 7.99. The maximum absolute atomic E-state index is 12.9. The van der Waals surface area contributed by atoms with Crippen LogP contribution >= 0.6 is 11.8 Å². The minimum Gasteiger partial charge on any atom is -0.448 e. The van der Waals surface area contributed by atoms with E-state index in [1.807, 2.05) is 63.2 Å². The van der Waals surface area contributed by atoms with Gasteiger partial charge in [0.15, 0.2) is 5.16 Å². The molecule has 0 saturated carbocycles. The summed E-state index contributed by atoms with van der Waals surface area (Å²) >= 11 is 1.25. The van der Waals surface area contributed by atoms with Crippen molar-refractivity contribution in [3.05, 3.63) is 63.9 Å². The Morgan fingerprint density at radius 3 is 2.76 bits per heavy atom. The maximum Gasteiger partial charge on any atom is 0.297 e. The number of nitrogens with zero attached hydrogens (tertiary/aromatic N) is 2. The van der Waals surface area contributed by atoms with Crippen LogP contribution in [0.25, 0.3) is 22.1 Å². The summed E-state index contributed by atoms with van der Waals surface area (Å²) in [6.07, 6.45) is 0. The quantitative estimate of drug-likeness (QED) is 0.389. The predicted molar refractivity (Wildman–Crippen MR) is 117 cm³/mol. The molecule has 4 rings (SSSR count). The number of hydrogen-bond donors (Lipinski definition) is 1. The Morgan fingerprint density at radius 2 is 1.97 bits per heavy atom. The van der Waals surface area contributed by atoms with Crippen molar-refractivity contribution in [1.29, 1.82) is 0 Å². The van der Waals surface area contributed by atoms with Gasteiger partial charge in [0.05, 0.1) is 5.75 Å². The number of thioether (sulfide) groups is 1. The van der Waals surface area contributed by atoms with Crippen LogP contribution in [0, 0.1) is 13.8 Å². The number of fused-ring (bicyclic) bond motifs is 3. The number of furan rings is 1. The van der Waals surface area contributed by atoms with Gasteiger partial charge in [0.1, 0.15) is 11.1 Å². The van der Waals surface area contributed by atoms with Crippen LogP contribution in [0.2, 0.25) is 0 Å². The molecule has 148 valence electrons. The van der Waals surface area contributed by atoms with E-state index in [9.17, 15) is 9.59 Å². The van der Waals surface area contributed by atoms with Gasteiger partial charge in [-0.3, -0.25) is 14.2 Å². The lowest BCUT2D eigenvalue weighted by Gasteiger charge is -2.11. The number of hydrogen-bond acceptors (Lipinski definition) is 5. The van der Waals surface area contributed by atoms with E-state index < -0.39 is 0 Å². The summed E-state index contributed by atoms with van der Waals surface area (Å²) in [6.45, 7) is 6.30. The Bertz CT molecular complexity index is 1290. The molecule has 2 aromatic carbocycles. The molecule has 0 bridgehead atoms. The fourth-order valence-electron chi connectivity index (χ4n) is 3.25.